The SMILES string of the molecule is CCC1Oc2c(OC)cc(/C=C/C(=O)O)cc2N(CCO)C1=O. The molecule has 1 unspecified atom stereocenters. The summed E-state index contributed by atoms with van der Waals surface area (Å²) in [5.41, 5.74) is 1.01. The largest absolute Gasteiger partial charge is 0.493 e. The number of aliphatic hydroxyl groups is 1. The first kappa shape index (κ1) is 16.8. The normalized spacial score (nSPS) is 17.1. The second kappa shape index (κ2) is 7.15. The summed E-state index contributed by atoms with van der Waals surface area (Å²) in [4.78, 5) is 24.5. The van der Waals surface area contributed by atoms with Crippen LogP contribution in [0.1, 0.15) is 18.9 Å². The molecule has 124 valence electrons. The third-order valence-electron chi connectivity index (χ3n) is 3.48. The summed E-state index contributed by atoms with van der Waals surface area (Å²) in [5.74, 6) is -0.496. The molecule has 1 atom stereocenters. The molecule has 7 heteroatoms. The van der Waals surface area contributed by atoms with Gasteiger partial charge in [0, 0.05) is 12.6 Å². The number of benzene rings is 1. The number of fused-ring (bicyclic) bond motifs is 1. The Morgan fingerprint density at radius 3 is 2.78 bits per heavy atom. The van der Waals surface area contributed by atoms with E-state index in [1.165, 1.54) is 18.1 Å². The van der Waals surface area contributed by atoms with Crippen LogP contribution in [0.15, 0.2) is 18.2 Å². The maximum atomic E-state index is 12.4. The summed E-state index contributed by atoms with van der Waals surface area (Å²) in [7, 11) is 1.47. The fourth-order valence-corrected chi connectivity index (χ4v) is 2.42. The highest BCUT2D eigenvalue weighted by atomic mass is 16.5. The first-order valence-corrected chi connectivity index (χ1v) is 7.23. The van der Waals surface area contributed by atoms with Crippen molar-refractivity contribution in [2.75, 3.05) is 25.2 Å². The Balaban J connectivity index is 2.55. The van der Waals surface area contributed by atoms with Crippen molar-refractivity contribution in [2.24, 2.45) is 0 Å². The Labute approximate surface area is 133 Å². The average Bonchev–Trinajstić information content (AvgIpc) is 2.54. The zero-order valence-electron chi connectivity index (χ0n) is 13.0. The predicted octanol–water partition coefficient (Wildman–Crippen LogP) is 1.29. The number of amides is 1. The van der Waals surface area contributed by atoms with Crippen LogP contribution < -0.4 is 14.4 Å². The monoisotopic (exact) mass is 321 g/mol. The number of hydrogen-bond donors (Lipinski definition) is 2. The van der Waals surface area contributed by atoms with E-state index in [0.29, 0.717) is 29.2 Å². The van der Waals surface area contributed by atoms with Gasteiger partial charge in [0.05, 0.1) is 19.4 Å². The number of anilines is 1. The van der Waals surface area contributed by atoms with E-state index in [9.17, 15) is 14.7 Å². The van der Waals surface area contributed by atoms with Crippen molar-refractivity contribution < 1.29 is 29.3 Å². The van der Waals surface area contributed by atoms with Gasteiger partial charge in [0.25, 0.3) is 5.91 Å². The molecule has 7 nitrogen and oxygen atoms in total. The number of aliphatic carboxylic acids is 1. The number of β-amino-alcohol motifs (C(OH)–C–C–N with tert-alkyl or cyclic N) is 1. The zero-order valence-corrected chi connectivity index (χ0v) is 13.0. The molecule has 0 fully saturated rings. The minimum absolute atomic E-state index is 0.126. The van der Waals surface area contributed by atoms with Gasteiger partial charge in [0.1, 0.15) is 0 Å². The van der Waals surface area contributed by atoms with Gasteiger partial charge >= 0.3 is 5.97 Å². The van der Waals surface area contributed by atoms with E-state index in [-0.39, 0.29) is 19.1 Å². The standard InChI is InChI=1S/C16H19NO6/c1-3-12-16(21)17(6-7-18)11-8-10(4-5-14(19)20)9-13(22-2)15(11)23-12/h4-5,8-9,12,18H,3,6-7H2,1-2H3,(H,19,20)/b5-4+. The smallest absolute Gasteiger partial charge is 0.328 e. The first-order chi connectivity index (χ1) is 11.0. The van der Waals surface area contributed by atoms with E-state index in [2.05, 4.69) is 0 Å². The number of carboxylic acids is 1. The van der Waals surface area contributed by atoms with Crippen molar-refractivity contribution in [2.45, 2.75) is 19.4 Å². The summed E-state index contributed by atoms with van der Waals surface area (Å²) in [6.07, 6.45) is 2.25. The number of ether oxygens (including phenoxy) is 2. The van der Waals surface area contributed by atoms with E-state index in [1.807, 2.05) is 6.92 Å². The van der Waals surface area contributed by atoms with Crippen LogP contribution >= 0.6 is 0 Å². The molecule has 1 amide bonds. The van der Waals surface area contributed by atoms with Crippen LogP contribution in [0.5, 0.6) is 11.5 Å². The molecule has 0 saturated heterocycles. The molecule has 1 heterocycles. The van der Waals surface area contributed by atoms with Gasteiger partial charge in [-0.25, -0.2) is 4.79 Å². The highest BCUT2D eigenvalue weighted by molar-refractivity contribution is 6.01. The second-order valence-electron chi connectivity index (χ2n) is 4.97. The number of carbonyl (C=O) groups excluding carboxylic acids is 1. The second-order valence-corrected chi connectivity index (χ2v) is 4.97. The summed E-state index contributed by atoms with van der Waals surface area (Å²) in [5, 5.41) is 18.0. The molecule has 0 bridgehead atoms. The summed E-state index contributed by atoms with van der Waals surface area (Å²) >= 11 is 0. The number of nitrogens with zero attached hydrogens (tertiary/aromatic N) is 1. The minimum Gasteiger partial charge on any atom is -0.493 e. The molecule has 0 saturated carbocycles. The molecule has 0 aliphatic carbocycles. The van der Waals surface area contributed by atoms with E-state index in [1.54, 1.807) is 12.1 Å². The summed E-state index contributed by atoms with van der Waals surface area (Å²) in [6.45, 7) is 1.77. The lowest BCUT2D eigenvalue weighted by Gasteiger charge is -2.34. The van der Waals surface area contributed by atoms with Crippen LogP contribution in [-0.2, 0) is 9.59 Å². The van der Waals surface area contributed by atoms with Gasteiger partial charge in [-0.15, -0.1) is 0 Å². The first-order valence-electron chi connectivity index (χ1n) is 7.23. The van der Waals surface area contributed by atoms with Crippen molar-refractivity contribution in [1.29, 1.82) is 0 Å². The molecule has 1 aliphatic heterocycles. The Hall–Kier alpha value is -2.54. The molecule has 0 spiro atoms. The van der Waals surface area contributed by atoms with E-state index >= 15 is 0 Å². The molecule has 23 heavy (non-hydrogen) atoms. The molecular weight excluding hydrogens is 302 g/mol. The van der Waals surface area contributed by atoms with Crippen molar-refractivity contribution in [1.82, 2.24) is 0 Å². The van der Waals surface area contributed by atoms with Crippen LogP contribution in [0.2, 0.25) is 0 Å². The van der Waals surface area contributed by atoms with E-state index in [4.69, 9.17) is 14.6 Å². The third kappa shape index (κ3) is 3.45. The Bertz CT molecular complexity index is 640. The van der Waals surface area contributed by atoms with Gasteiger partial charge in [-0.2, -0.15) is 0 Å². The fraction of sp³-hybridized carbons (Fsp3) is 0.375. The van der Waals surface area contributed by atoms with Crippen LogP contribution in [-0.4, -0.2) is 48.5 Å². The minimum atomic E-state index is -1.08. The predicted molar refractivity (Wildman–Crippen MR) is 83.8 cm³/mol. The molecular formula is C16H19NO6. The Kier molecular flexibility index (Phi) is 5.23. The van der Waals surface area contributed by atoms with Crippen molar-refractivity contribution in [3.05, 3.63) is 23.8 Å². The average molecular weight is 321 g/mol. The van der Waals surface area contributed by atoms with Crippen molar-refractivity contribution in [3.8, 4) is 11.5 Å². The number of aliphatic hydroxyl groups excluding tert-OH is 1. The molecule has 2 rings (SSSR count). The van der Waals surface area contributed by atoms with E-state index in [0.717, 1.165) is 6.08 Å². The quantitative estimate of drug-likeness (QED) is 0.767. The topological polar surface area (TPSA) is 96.3 Å². The maximum Gasteiger partial charge on any atom is 0.328 e. The van der Waals surface area contributed by atoms with Gasteiger partial charge in [0.15, 0.2) is 17.6 Å². The van der Waals surface area contributed by atoms with Gasteiger partial charge in [-0.1, -0.05) is 6.92 Å². The zero-order chi connectivity index (χ0) is 17.0. The third-order valence-corrected chi connectivity index (χ3v) is 3.48. The molecule has 1 aliphatic rings. The van der Waals surface area contributed by atoms with Gasteiger partial charge in [-0.05, 0) is 30.2 Å². The maximum absolute atomic E-state index is 12.4. The lowest BCUT2D eigenvalue weighted by molar-refractivity contribution is -0.131. The highest BCUT2D eigenvalue weighted by Gasteiger charge is 2.35. The molecule has 0 radical (unpaired) electrons. The number of carboxylic acid groups (broad SMARTS) is 1. The Morgan fingerprint density at radius 1 is 1.48 bits per heavy atom. The van der Waals surface area contributed by atoms with E-state index < -0.39 is 12.1 Å². The molecule has 1 aromatic carbocycles. The lowest BCUT2D eigenvalue weighted by Crippen LogP contribution is -2.46. The number of methoxy groups -OCH3 is 1. The fourth-order valence-electron chi connectivity index (χ4n) is 2.42. The number of rotatable bonds is 6. The van der Waals surface area contributed by atoms with Gasteiger partial charge in [-0.3, -0.25) is 4.79 Å². The molecule has 1 aromatic rings. The number of hydrogen-bond acceptors (Lipinski definition) is 5. The van der Waals surface area contributed by atoms with Crippen LogP contribution in [0.4, 0.5) is 5.69 Å². The van der Waals surface area contributed by atoms with Crippen molar-refractivity contribution >= 4 is 23.6 Å². The van der Waals surface area contributed by atoms with Crippen molar-refractivity contribution in [3.63, 3.8) is 0 Å². The lowest BCUT2D eigenvalue weighted by atomic mass is 10.1. The number of carbonyl (C=O) groups is 2. The van der Waals surface area contributed by atoms with Crippen LogP contribution in [0, 0.1) is 0 Å². The van der Waals surface area contributed by atoms with Gasteiger partial charge < -0.3 is 24.6 Å². The summed E-state index contributed by atoms with van der Waals surface area (Å²) < 4.78 is 11.0. The summed E-state index contributed by atoms with van der Waals surface area (Å²) in [6, 6.07) is 3.27. The van der Waals surface area contributed by atoms with Crippen LogP contribution in [0.3, 0.4) is 0 Å². The molecule has 2 N–H and O–H groups in total. The highest BCUT2D eigenvalue weighted by Crippen LogP contribution is 2.43. The van der Waals surface area contributed by atoms with Crippen LogP contribution in [0.25, 0.3) is 6.08 Å². The Morgan fingerprint density at radius 2 is 2.22 bits per heavy atom. The molecule has 0 aromatic heterocycles. The van der Waals surface area contributed by atoms with Gasteiger partial charge in [0.2, 0.25) is 0 Å².